The van der Waals surface area contributed by atoms with Gasteiger partial charge in [-0.15, -0.1) is 0 Å². The molecule has 1 heterocycles. The summed E-state index contributed by atoms with van der Waals surface area (Å²) in [5.41, 5.74) is 1.11. The highest BCUT2D eigenvalue weighted by molar-refractivity contribution is 5.80. The minimum Gasteiger partial charge on any atom is -0.481 e. The summed E-state index contributed by atoms with van der Waals surface area (Å²) in [6, 6.07) is 9.42. The molecule has 2 rings (SSSR count). The molecule has 0 aliphatic heterocycles. The Kier molecular flexibility index (Phi) is 5.73. The second kappa shape index (κ2) is 7.77. The Bertz CT molecular complexity index is 674. The summed E-state index contributed by atoms with van der Waals surface area (Å²) in [6.45, 7) is 3.79. The van der Waals surface area contributed by atoms with E-state index in [2.05, 4.69) is 10.4 Å². The second-order valence-corrected chi connectivity index (χ2v) is 5.90. The summed E-state index contributed by atoms with van der Waals surface area (Å²) in [7, 11) is 0. The number of aliphatic carboxylic acids is 1. The quantitative estimate of drug-likeness (QED) is 0.779. The van der Waals surface area contributed by atoms with E-state index in [0.717, 1.165) is 11.3 Å². The van der Waals surface area contributed by atoms with Gasteiger partial charge >= 0.3 is 5.97 Å². The van der Waals surface area contributed by atoms with Gasteiger partial charge < -0.3 is 10.4 Å². The van der Waals surface area contributed by atoms with E-state index >= 15 is 0 Å². The van der Waals surface area contributed by atoms with E-state index in [1.165, 1.54) is 0 Å². The maximum atomic E-state index is 12.3. The number of nitrogens with zero attached hydrogens (tertiary/aromatic N) is 2. The summed E-state index contributed by atoms with van der Waals surface area (Å²) >= 11 is 0. The van der Waals surface area contributed by atoms with Crippen molar-refractivity contribution in [1.82, 2.24) is 15.1 Å². The SMILES string of the molecule is CCC(CC)(CC(=O)O)NC(=O)Cc1ccc(-n2cccn2)cc1. The lowest BCUT2D eigenvalue weighted by Gasteiger charge is -2.31. The van der Waals surface area contributed by atoms with Crippen LogP contribution in [0.1, 0.15) is 38.7 Å². The lowest BCUT2D eigenvalue weighted by molar-refractivity contribution is -0.139. The molecule has 0 saturated carbocycles. The van der Waals surface area contributed by atoms with Crippen molar-refractivity contribution in [1.29, 1.82) is 0 Å². The average Bonchev–Trinajstić information content (AvgIpc) is 3.08. The molecule has 0 saturated heterocycles. The number of nitrogens with one attached hydrogen (secondary N) is 1. The zero-order chi connectivity index (χ0) is 17.6. The third-order valence-electron chi connectivity index (χ3n) is 4.32. The van der Waals surface area contributed by atoms with Crippen LogP contribution in [0, 0.1) is 0 Å². The predicted octanol–water partition coefficient (Wildman–Crippen LogP) is 2.56. The monoisotopic (exact) mass is 329 g/mol. The van der Waals surface area contributed by atoms with Crippen molar-refractivity contribution in [2.75, 3.05) is 0 Å². The van der Waals surface area contributed by atoms with Crippen LogP contribution in [0.5, 0.6) is 0 Å². The van der Waals surface area contributed by atoms with E-state index in [-0.39, 0.29) is 18.7 Å². The van der Waals surface area contributed by atoms with Gasteiger partial charge in [0.2, 0.25) is 5.91 Å². The maximum Gasteiger partial charge on any atom is 0.305 e. The first-order valence-corrected chi connectivity index (χ1v) is 8.10. The molecule has 0 fully saturated rings. The molecule has 0 bridgehead atoms. The van der Waals surface area contributed by atoms with Gasteiger partial charge in [-0.1, -0.05) is 26.0 Å². The number of carbonyl (C=O) groups is 2. The van der Waals surface area contributed by atoms with Gasteiger partial charge in [-0.2, -0.15) is 5.10 Å². The van der Waals surface area contributed by atoms with Gasteiger partial charge in [0, 0.05) is 17.9 Å². The van der Waals surface area contributed by atoms with E-state index in [4.69, 9.17) is 5.11 Å². The molecule has 1 aromatic carbocycles. The minimum atomic E-state index is -0.900. The van der Waals surface area contributed by atoms with Crippen molar-refractivity contribution < 1.29 is 14.7 Å². The van der Waals surface area contributed by atoms with Gasteiger partial charge in [-0.25, -0.2) is 4.68 Å². The van der Waals surface area contributed by atoms with Gasteiger partial charge in [-0.05, 0) is 36.6 Å². The van der Waals surface area contributed by atoms with Gasteiger partial charge in [0.25, 0.3) is 0 Å². The maximum absolute atomic E-state index is 12.3. The molecule has 6 nitrogen and oxygen atoms in total. The summed E-state index contributed by atoms with van der Waals surface area (Å²) in [4.78, 5) is 23.4. The van der Waals surface area contributed by atoms with Crippen LogP contribution in [-0.4, -0.2) is 32.3 Å². The number of aromatic nitrogens is 2. The smallest absolute Gasteiger partial charge is 0.305 e. The molecule has 1 amide bonds. The normalized spacial score (nSPS) is 11.2. The Morgan fingerprint density at radius 1 is 1.21 bits per heavy atom. The van der Waals surface area contributed by atoms with Crippen molar-refractivity contribution in [3.05, 3.63) is 48.3 Å². The molecule has 1 aromatic heterocycles. The van der Waals surface area contributed by atoms with Crippen molar-refractivity contribution in [2.45, 2.75) is 45.1 Å². The third kappa shape index (κ3) is 4.44. The van der Waals surface area contributed by atoms with Crippen LogP contribution in [0.15, 0.2) is 42.7 Å². The van der Waals surface area contributed by atoms with E-state index in [9.17, 15) is 9.59 Å². The largest absolute Gasteiger partial charge is 0.481 e. The Balaban J connectivity index is 2.02. The number of carboxylic acid groups (broad SMARTS) is 1. The molecule has 2 N–H and O–H groups in total. The second-order valence-electron chi connectivity index (χ2n) is 5.90. The van der Waals surface area contributed by atoms with Crippen LogP contribution < -0.4 is 5.32 Å². The highest BCUT2D eigenvalue weighted by Gasteiger charge is 2.30. The third-order valence-corrected chi connectivity index (χ3v) is 4.32. The Labute approximate surface area is 141 Å². The van der Waals surface area contributed by atoms with Crippen LogP contribution in [0.25, 0.3) is 5.69 Å². The molecule has 0 unspecified atom stereocenters. The van der Waals surface area contributed by atoms with E-state index in [1.807, 2.05) is 50.4 Å². The van der Waals surface area contributed by atoms with Crippen LogP contribution >= 0.6 is 0 Å². The van der Waals surface area contributed by atoms with E-state index in [0.29, 0.717) is 12.8 Å². The number of amides is 1. The Morgan fingerprint density at radius 2 is 1.88 bits per heavy atom. The molecular weight excluding hydrogens is 306 g/mol. The zero-order valence-corrected chi connectivity index (χ0v) is 14.0. The highest BCUT2D eigenvalue weighted by atomic mass is 16.4. The van der Waals surface area contributed by atoms with Crippen molar-refractivity contribution in [3.63, 3.8) is 0 Å². The highest BCUT2D eigenvalue weighted by Crippen LogP contribution is 2.20. The Hall–Kier alpha value is -2.63. The van der Waals surface area contributed by atoms with Crippen molar-refractivity contribution in [2.24, 2.45) is 0 Å². The fourth-order valence-corrected chi connectivity index (χ4v) is 2.72. The van der Waals surface area contributed by atoms with Crippen molar-refractivity contribution in [3.8, 4) is 5.69 Å². The average molecular weight is 329 g/mol. The molecule has 0 aliphatic carbocycles. The fourth-order valence-electron chi connectivity index (χ4n) is 2.72. The molecule has 2 aromatic rings. The first-order chi connectivity index (χ1) is 11.5. The number of hydrogen-bond acceptors (Lipinski definition) is 3. The molecule has 0 radical (unpaired) electrons. The molecule has 128 valence electrons. The van der Waals surface area contributed by atoms with Crippen LogP contribution in [0.2, 0.25) is 0 Å². The van der Waals surface area contributed by atoms with E-state index < -0.39 is 11.5 Å². The topological polar surface area (TPSA) is 84.2 Å². The summed E-state index contributed by atoms with van der Waals surface area (Å²) < 4.78 is 1.75. The van der Waals surface area contributed by atoms with Crippen molar-refractivity contribution >= 4 is 11.9 Å². The summed E-state index contributed by atoms with van der Waals surface area (Å²) in [6.07, 6.45) is 4.88. The summed E-state index contributed by atoms with van der Waals surface area (Å²) in [5, 5.41) is 16.1. The predicted molar refractivity (Wildman–Crippen MR) is 91.0 cm³/mol. The number of carboxylic acids is 1. The fraction of sp³-hybridized carbons (Fsp3) is 0.389. The van der Waals surface area contributed by atoms with Gasteiger partial charge in [0.15, 0.2) is 0 Å². The van der Waals surface area contributed by atoms with Crippen LogP contribution in [0.4, 0.5) is 0 Å². The van der Waals surface area contributed by atoms with Gasteiger partial charge in [-0.3, -0.25) is 9.59 Å². The first kappa shape index (κ1) is 17.7. The lowest BCUT2D eigenvalue weighted by atomic mass is 9.88. The Morgan fingerprint density at radius 3 is 2.38 bits per heavy atom. The molecule has 0 spiro atoms. The molecule has 0 aliphatic rings. The van der Waals surface area contributed by atoms with Crippen LogP contribution in [-0.2, 0) is 16.0 Å². The number of hydrogen-bond donors (Lipinski definition) is 2. The molecule has 24 heavy (non-hydrogen) atoms. The minimum absolute atomic E-state index is 0.0655. The molecule has 6 heteroatoms. The van der Waals surface area contributed by atoms with Gasteiger partial charge in [0.1, 0.15) is 0 Å². The number of benzene rings is 1. The zero-order valence-electron chi connectivity index (χ0n) is 14.0. The molecular formula is C18H23N3O3. The number of rotatable bonds is 8. The first-order valence-electron chi connectivity index (χ1n) is 8.10. The number of carbonyl (C=O) groups excluding carboxylic acids is 1. The standard InChI is InChI=1S/C18H23N3O3/c1-3-18(4-2,13-17(23)24)20-16(22)12-14-6-8-15(9-7-14)21-11-5-10-19-21/h5-11H,3-4,12-13H2,1-2H3,(H,20,22)(H,23,24). The van der Waals surface area contributed by atoms with Gasteiger partial charge in [0.05, 0.1) is 18.5 Å². The lowest BCUT2D eigenvalue weighted by Crippen LogP contribution is -2.49. The van der Waals surface area contributed by atoms with E-state index in [1.54, 1.807) is 10.9 Å². The van der Waals surface area contributed by atoms with Crippen LogP contribution in [0.3, 0.4) is 0 Å². The molecule has 0 atom stereocenters. The summed E-state index contributed by atoms with van der Waals surface area (Å²) in [5.74, 6) is -1.06.